The lowest BCUT2D eigenvalue weighted by atomic mass is 10.2. The lowest BCUT2D eigenvalue weighted by Gasteiger charge is -2.36. The summed E-state index contributed by atoms with van der Waals surface area (Å²) in [7, 11) is 1.66. The Hall–Kier alpha value is -3.22. The van der Waals surface area contributed by atoms with Gasteiger partial charge in [0, 0.05) is 44.5 Å². The van der Waals surface area contributed by atoms with E-state index >= 15 is 0 Å². The van der Waals surface area contributed by atoms with Crippen molar-refractivity contribution >= 4 is 22.6 Å². The molecular formula is C23H28N4O3. The number of carbonyl (C=O) groups is 1. The molecule has 0 radical (unpaired) electrons. The minimum absolute atomic E-state index is 0.0122. The number of piperazine rings is 1. The largest absolute Gasteiger partial charge is 0.497 e. The molecule has 0 saturated carbocycles. The van der Waals surface area contributed by atoms with Gasteiger partial charge in [-0.2, -0.15) is 0 Å². The van der Waals surface area contributed by atoms with Crippen molar-refractivity contribution in [3.05, 3.63) is 59.0 Å². The number of rotatable bonds is 6. The second-order valence-electron chi connectivity index (χ2n) is 7.58. The molecule has 0 bridgehead atoms. The number of fused-ring (bicyclic) bond motifs is 1. The fourth-order valence-corrected chi connectivity index (χ4v) is 4.12. The summed E-state index contributed by atoms with van der Waals surface area (Å²) in [5, 5.41) is 0. The lowest BCUT2D eigenvalue weighted by Crippen LogP contribution is -2.50. The van der Waals surface area contributed by atoms with Gasteiger partial charge in [0.15, 0.2) is 0 Å². The number of benzene rings is 2. The summed E-state index contributed by atoms with van der Waals surface area (Å²) < 4.78 is 8.69. The molecule has 1 amide bonds. The number of hydrogen-bond acceptors (Lipinski definition) is 4. The number of carbonyl (C=O) groups excluding carboxylic acids is 1. The summed E-state index contributed by atoms with van der Waals surface area (Å²) in [4.78, 5) is 30.0. The third kappa shape index (κ3) is 3.79. The van der Waals surface area contributed by atoms with Gasteiger partial charge >= 0.3 is 5.69 Å². The van der Waals surface area contributed by atoms with E-state index < -0.39 is 0 Å². The molecule has 0 N–H and O–H groups in total. The molecule has 0 unspecified atom stereocenters. The summed E-state index contributed by atoms with van der Waals surface area (Å²) in [6.07, 6.45) is 0.869. The van der Waals surface area contributed by atoms with Gasteiger partial charge in [0.25, 0.3) is 0 Å². The zero-order valence-corrected chi connectivity index (χ0v) is 17.6. The van der Waals surface area contributed by atoms with E-state index in [1.54, 1.807) is 16.2 Å². The van der Waals surface area contributed by atoms with Crippen LogP contribution in [-0.2, 0) is 17.9 Å². The number of para-hydroxylation sites is 2. The van der Waals surface area contributed by atoms with Crippen molar-refractivity contribution in [3.8, 4) is 5.75 Å². The van der Waals surface area contributed by atoms with E-state index in [4.69, 9.17) is 4.74 Å². The standard InChI is InChI=1S/C23H28N4O3/c1-3-11-26-20-9-4-5-10-21(20)27(23(26)29)17-22(28)25-14-12-24(13-15-25)18-7-6-8-19(16-18)30-2/h4-10,16H,3,11-15,17H2,1-2H3. The van der Waals surface area contributed by atoms with Crippen LogP contribution >= 0.6 is 0 Å². The van der Waals surface area contributed by atoms with Crippen LogP contribution in [0.15, 0.2) is 53.3 Å². The van der Waals surface area contributed by atoms with Gasteiger partial charge in [0.2, 0.25) is 5.91 Å². The number of hydrogen-bond donors (Lipinski definition) is 0. The Balaban J connectivity index is 1.47. The second kappa shape index (κ2) is 8.65. The first-order valence-corrected chi connectivity index (χ1v) is 10.5. The van der Waals surface area contributed by atoms with E-state index in [1.807, 2.05) is 54.3 Å². The Labute approximate surface area is 176 Å². The van der Waals surface area contributed by atoms with Crippen LogP contribution in [0.3, 0.4) is 0 Å². The first kappa shape index (κ1) is 20.1. The number of imidazole rings is 1. The molecule has 1 fully saturated rings. The van der Waals surface area contributed by atoms with Gasteiger partial charge in [0.05, 0.1) is 18.1 Å². The van der Waals surface area contributed by atoms with E-state index in [1.165, 1.54) is 0 Å². The molecule has 7 heteroatoms. The van der Waals surface area contributed by atoms with E-state index in [-0.39, 0.29) is 18.1 Å². The first-order chi connectivity index (χ1) is 14.6. The van der Waals surface area contributed by atoms with Crippen LogP contribution < -0.4 is 15.3 Å². The van der Waals surface area contributed by atoms with Crippen LogP contribution in [0.25, 0.3) is 11.0 Å². The number of amides is 1. The minimum atomic E-state index is -0.110. The van der Waals surface area contributed by atoms with Crippen LogP contribution in [0.2, 0.25) is 0 Å². The molecule has 0 aliphatic carbocycles. The molecule has 30 heavy (non-hydrogen) atoms. The molecule has 1 saturated heterocycles. The summed E-state index contributed by atoms with van der Waals surface area (Å²) in [6.45, 7) is 5.56. The normalized spacial score (nSPS) is 14.3. The van der Waals surface area contributed by atoms with E-state index in [0.717, 1.165) is 42.0 Å². The van der Waals surface area contributed by atoms with Gasteiger partial charge in [-0.3, -0.25) is 13.9 Å². The Morgan fingerprint density at radius 3 is 2.33 bits per heavy atom. The Morgan fingerprint density at radius 1 is 0.967 bits per heavy atom. The third-order valence-corrected chi connectivity index (χ3v) is 5.72. The van der Waals surface area contributed by atoms with Crippen molar-refractivity contribution in [1.82, 2.24) is 14.0 Å². The molecule has 0 spiro atoms. The van der Waals surface area contributed by atoms with Gasteiger partial charge in [-0.15, -0.1) is 0 Å². The maximum atomic E-state index is 13.0. The van der Waals surface area contributed by atoms with Crippen LogP contribution in [0, 0.1) is 0 Å². The highest BCUT2D eigenvalue weighted by Gasteiger charge is 2.23. The number of ether oxygens (including phenoxy) is 1. The average Bonchev–Trinajstić information content (AvgIpc) is 3.05. The quantitative estimate of drug-likeness (QED) is 0.629. The molecule has 7 nitrogen and oxygen atoms in total. The van der Waals surface area contributed by atoms with Crippen molar-refractivity contribution in [2.75, 3.05) is 38.2 Å². The summed E-state index contributed by atoms with van der Waals surface area (Å²) in [5.74, 6) is 0.815. The van der Waals surface area contributed by atoms with E-state index in [0.29, 0.717) is 19.6 Å². The maximum absolute atomic E-state index is 13.0. The fourth-order valence-electron chi connectivity index (χ4n) is 4.12. The molecular weight excluding hydrogens is 380 g/mol. The Kier molecular flexibility index (Phi) is 5.79. The highest BCUT2D eigenvalue weighted by atomic mass is 16.5. The molecule has 2 aromatic carbocycles. The molecule has 3 aromatic rings. The maximum Gasteiger partial charge on any atom is 0.329 e. The lowest BCUT2D eigenvalue weighted by molar-refractivity contribution is -0.132. The molecule has 1 aliphatic heterocycles. The van der Waals surface area contributed by atoms with Crippen molar-refractivity contribution < 1.29 is 9.53 Å². The van der Waals surface area contributed by atoms with Crippen LogP contribution in [0.4, 0.5) is 5.69 Å². The average molecular weight is 409 g/mol. The van der Waals surface area contributed by atoms with Crippen molar-refractivity contribution in [1.29, 1.82) is 0 Å². The number of nitrogens with zero attached hydrogens (tertiary/aromatic N) is 4. The number of methoxy groups -OCH3 is 1. The summed E-state index contributed by atoms with van der Waals surface area (Å²) in [5.41, 5.74) is 2.70. The zero-order chi connectivity index (χ0) is 21.1. The van der Waals surface area contributed by atoms with Gasteiger partial charge in [0.1, 0.15) is 12.3 Å². The summed E-state index contributed by atoms with van der Waals surface area (Å²) >= 11 is 0. The molecule has 1 aromatic heterocycles. The van der Waals surface area contributed by atoms with Crippen LogP contribution in [0.5, 0.6) is 5.75 Å². The molecule has 2 heterocycles. The number of anilines is 1. The van der Waals surface area contributed by atoms with Gasteiger partial charge < -0.3 is 14.5 Å². The molecule has 158 valence electrons. The Morgan fingerprint density at radius 2 is 1.67 bits per heavy atom. The summed E-state index contributed by atoms with van der Waals surface area (Å²) in [6, 6.07) is 15.7. The predicted molar refractivity (Wildman–Crippen MR) is 118 cm³/mol. The number of aryl methyl sites for hydroxylation is 1. The van der Waals surface area contributed by atoms with Crippen molar-refractivity contribution in [2.45, 2.75) is 26.4 Å². The SMILES string of the molecule is CCCn1c(=O)n(CC(=O)N2CCN(c3cccc(OC)c3)CC2)c2ccccc21. The van der Waals surface area contributed by atoms with Crippen LogP contribution in [0.1, 0.15) is 13.3 Å². The highest BCUT2D eigenvalue weighted by Crippen LogP contribution is 2.22. The van der Waals surface area contributed by atoms with Crippen LogP contribution in [-0.4, -0.2) is 53.2 Å². The monoisotopic (exact) mass is 408 g/mol. The zero-order valence-electron chi connectivity index (χ0n) is 17.6. The van der Waals surface area contributed by atoms with Gasteiger partial charge in [-0.1, -0.05) is 25.1 Å². The topological polar surface area (TPSA) is 59.7 Å². The Bertz CT molecular complexity index is 1090. The van der Waals surface area contributed by atoms with Gasteiger partial charge in [-0.05, 0) is 30.7 Å². The van der Waals surface area contributed by atoms with Crippen molar-refractivity contribution in [2.24, 2.45) is 0 Å². The highest BCUT2D eigenvalue weighted by molar-refractivity contribution is 5.81. The smallest absolute Gasteiger partial charge is 0.329 e. The second-order valence-corrected chi connectivity index (χ2v) is 7.58. The fraction of sp³-hybridized carbons (Fsp3) is 0.391. The number of aromatic nitrogens is 2. The molecule has 1 aliphatic rings. The first-order valence-electron chi connectivity index (χ1n) is 10.5. The van der Waals surface area contributed by atoms with Crippen molar-refractivity contribution in [3.63, 3.8) is 0 Å². The van der Waals surface area contributed by atoms with E-state index in [2.05, 4.69) is 11.0 Å². The van der Waals surface area contributed by atoms with Gasteiger partial charge in [-0.25, -0.2) is 4.79 Å². The third-order valence-electron chi connectivity index (χ3n) is 5.72. The predicted octanol–water partition coefficient (Wildman–Crippen LogP) is 2.57. The molecule has 0 atom stereocenters. The minimum Gasteiger partial charge on any atom is -0.497 e. The van der Waals surface area contributed by atoms with E-state index in [9.17, 15) is 9.59 Å². The molecule has 4 rings (SSSR count).